The van der Waals surface area contributed by atoms with E-state index in [2.05, 4.69) is 18.7 Å². The van der Waals surface area contributed by atoms with E-state index in [1.165, 1.54) is 0 Å². The van der Waals surface area contributed by atoms with Gasteiger partial charge in [0.1, 0.15) is 5.75 Å². The van der Waals surface area contributed by atoms with Gasteiger partial charge < -0.3 is 15.4 Å². The van der Waals surface area contributed by atoms with Crippen molar-refractivity contribution in [2.75, 3.05) is 39.0 Å². The highest BCUT2D eigenvalue weighted by Gasteiger charge is 2.27. The first-order valence-electron chi connectivity index (χ1n) is 7.03. The maximum absolute atomic E-state index is 12.6. The molecular formula is C15H23N3O2. The first-order valence-corrected chi connectivity index (χ1v) is 7.03. The molecule has 1 saturated heterocycles. The van der Waals surface area contributed by atoms with E-state index in [1.807, 2.05) is 4.90 Å². The number of nitrogens with two attached hydrogens (primary N) is 1. The highest BCUT2D eigenvalue weighted by Crippen LogP contribution is 2.24. The Kier molecular flexibility index (Phi) is 4.49. The first-order chi connectivity index (χ1) is 9.56. The van der Waals surface area contributed by atoms with E-state index in [0.717, 1.165) is 26.2 Å². The lowest BCUT2D eigenvalue weighted by atomic mass is 10.1. The lowest BCUT2D eigenvalue weighted by molar-refractivity contribution is 0.0525. The molecule has 1 fully saturated rings. The minimum absolute atomic E-state index is 0.00301. The number of nitrogen functional groups attached to an aromatic ring is 1. The van der Waals surface area contributed by atoms with Gasteiger partial charge in [-0.15, -0.1) is 0 Å². The van der Waals surface area contributed by atoms with Crippen molar-refractivity contribution in [2.24, 2.45) is 0 Å². The third-order valence-corrected chi connectivity index (χ3v) is 3.91. The molecule has 2 N–H and O–H groups in total. The van der Waals surface area contributed by atoms with Crippen LogP contribution in [0.2, 0.25) is 0 Å². The Morgan fingerprint density at radius 3 is 2.80 bits per heavy atom. The lowest BCUT2D eigenvalue weighted by Gasteiger charge is -2.39. The van der Waals surface area contributed by atoms with Crippen molar-refractivity contribution in [1.82, 2.24) is 9.80 Å². The molecule has 2 rings (SSSR count). The summed E-state index contributed by atoms with van der Waals surface area (Å²) in [5, 5.41) is 0. The quantitative estimate of drug-likeness (QED) is 0.849. The van der Waals surface area contributed by atoms with Gasteiger partial charge in [-0.3, -0.25) is 9.69 Å². The third kappa shape index (κ3) is 2.88. The number of carbonyl (C=O) groups is 1. The van der Waals surface area contributed by atoms with Gasteiger partial charge in [-0.1, -0.05) is 6.92 Å². The number of piperazine rings is 1. The maximum atomic E-state index is 12.6. The van der Waals surface area contributed by atoms with Crippen LogP contribution in [-0.4, -0.2) is 55.0 Å². The molecule has 1 aliphatic heterocycles. The van der Waals surface area contributed by atoms with Gasteiger partial charge in [-0.05, 0) is 31.7 Å². The Hall–Kier alpha value is -1.75. The molecule has 1 atom stereocenters. The Bertz CT molecular complexity index is 490. The molecule has 1 aromatic carbocycles. The van der Waals surface area contributed by atoms with E-state index in [1.54, 1.807) is 25.3 Å². The summed E-state index contributed by atoms with van der Waals surface area (Å²) in [4.78, 5) is 16.9. The van der Waals surface area contributed by atoms with Gasteiger partial charge in [0, 0.05) is 31.4 Å². The van der Waals surface area contributed by atoms with Gasteiger partial charge in [0.05, 0.1) is 12.7 Å². The Morgan fingerprint density at radius 1 is 1.45 bits per heavy atom. The molecular weight excluding hydrogens is 254 g/mol. The highest BCUT2D eigenvalue weighted by atomic mass is 16.5. The number of nitrogens with zero attached hydrogens (tertiary/aromatic N) is 2. The summed E-state index contributed by atoms with van der Waals surface area (Å²) in [5.74, 6) is 0.575. The minimum Gasteiger partial charge on any atom is -0.496 e. The van der Waals surface area contributed by atoms with Crippen molar-refractivity contribution in [1.29, 1.82) is 0 Å². The SMILES string of the molecule is CCN1CCN(C(=O)c2cc(N)ccc2OC)CC1C. The van der Waals surface area contributed by atoms with E-state index in [0.29, 0.717) is 23.0 Å². The second-order valence-corrected chi connectivity index (χ2v) is 5.19. The smallest absolute Gasteiger partial charge is 0.257 e. The number of hydrogen-bond donors (Lipinski definition) is 1. The number of anilines is 1. The monoisotopic (exact) mass is 277 g/mol. The molecule has 1 unspecified atom stereocenters. The zero-order valence-corrected chi connectivity index (χ0v) is 12.4. The normalized spacial score (nSPS) is 19.9. The summed E-state index contributed by atoms with van der Waals surface area (Å²) in [6.07, 6.45) is 0. The predicted molar refractivity (Wildman–Crippen MR) is 80.0 cm³/mol. The third-order valence-electron chi connectivity index (χ3n) is 3.91. The van der Waals surface area contributed by atoms with Crippen LogP contribution in [-0.2, 0) is 0 Å². The molecule has 0 saturated carbocycles. The van der Waals surface area contributed by atoms with Crippen LogP contribution in [0, 0.1) is 0 Å². The average Bonchev–Trinajstić information content (AvgIpc) is 2.46. The van der Waals surface area contributed by atoms with Gasteiger partial charge in [-0.2, -0.15) is 0 Å². The summed E-state index contributed by atoms with van der Waals surface area (Å²) in [6.45, 7) is 7.72. The molecule has 5 heteroatoms. The molecule has 0 spiro atoms. The van der Waals surface area contributed by atoms with Crippen LogP contribution in [0.4, 0.5) is 5.69 Å². The van der Waals surface area contributed by atoms with Crippen molar-refractivity contribution in [3.63, 3.8) is 0 Å². The van der Waals surface area contributed by atoms with E-state index in [4.69, 9.17) is 10.5 Å². The van der Waals surface area contributed by atoms with Crippen molar-refractivity contribution in [2.45, 2.75) is 19.9 Å². The fourth-order valence-electron chi connectivity index (χ4n) is 2.71. The second-order valence-electron chi connectivity index (χ2n) is 5.19. The van der Waals surface area contributed by atoms with Gasteiger partial charge in [0.25, 0.3) is 5.91 Å². The molecule has 0 aliphatic carbocycles. The number of ether oxygens (including phenoxy) is 1. The number of likely N-dealkylation sites (N-methyl/N-ethyl adjacent to an activating group) is 1. The molecule has 0 bridgehead atoms. The van der Waals surface area contributed by atoms with Crippen molar-refractivity contribution in [3.8, 4) is 5.75 Å². The van der Waals surface area contributed by atoms with Gasteiger partial charge in [0.15, 0.2) is 0 Å². The first kappa shape index (κ1) is 14.7. The summed E-state index contributed by atoms with van der Waals surface area (Å²) >= 11 is 0. The van der Waals surface area contributed by atoms with E-state index in [-0.39, 0.29) is 5.91 Å². The standard InChI is InChI=1S/C15H23N3O2/c1-4-17-7-8-18(10-11(17)2)15(19)13-9-12(16)5-6-14(13)20-3/h5-6,9,11H,4,7-8,10,16H2,1-3H3. The van der Waals surface area contributed by atoms with Crippen LogP contribution < -0.4 is 10.5 Å². The van der Waals surface area contributed by atoms with E-state index < -0.39 is 0 Å². The number of amides is 1. The summed E-state index contributed by atoms with van der Waals surface area (Å²) in [6, 6.07) is 5.56. The van der Waals surface area contributed by atoms with Crippen molar-refractivity contribution in [3.05, 3.63) is 23.8 Å². The number of rotatable bonds is 3. The zero-order chi connectivity index (χ0) is 14.7. The summed E-state index contributed by atoms with van der Waals surface area (Å²) < 4.78 is 5.27. The molecule has 0 radical (unpaired) electrons. The molecule has 1 heterocycles. The van der Waals surface area contributed by atoms with Crippen LogP contribution in [0.25, 0.3) is 0 Å². The van der Waals surface area contributed by atoms with E-state index >= 15 is 0 Å². The molecule has 110 valence electrons. The number of carbonyl (C=O) groups excluding carboxylic acids is 1. The molecule has 5 nitrogen and oxygen atoms in total. The van der Waals surface area contributed by atoms with Crippen molar-refractivity contribution < 1.29 is 9.53 Å². The lowest BCUT2D eigenvalue weighted by Crippen LogP contribution is -2.53. The van der Waals surface area contributed by atoms with Crippen LogP contribution in [0.1, 0.15) is 24.2 Å². The van der Waals surface area contributed by atoms with Gasteiger partial charge in [-0.25, -0.2) is 0 Å². The number of methoxy groups -OCH3 is 1. The van der Waals surface area contributed by atoms with Crippen LogP contribution in [0.3, 0.4) is 0 Å². The molecule has 1 aliphatic rings. The Labute approximate surface area is 120 Å². The number of benzene rings is 1. The fourth-order valence-corrected chi connectivity index (χ4v) is 2.71. The summed E-state index contributed by atoms with van der Waals surface area (Å²) in [5.41, 5.74) is 6.91. The van der Waals surface area contributed by atoms with E-state index in [9.17, 15) is 4.79 Å². The topological polar surface area (TPSA) is 58.8 Å². The Morgan fingerprint density at radius 2 is 2.20 bits per heavy atom. The van der Waals surface area contributed by atoms with Crippen LogP contribution in [0.15, 0.2) is 18.2 Å². The number of hydrogen-bond acceptors (Lipinski definition) is 4. The summed E-state index contributed by atoms with van der Waals surface area (Å²) in [7, 11) is 1.57. The largest absolute Gasteiger partial charge is 0.496 e. The van der Waals surface area contributed by atoms with Gasteiger partial charge >= 0.3 is 0 Å². The average molecular weight is 277 g/mol. The fraction of sp³-hybridized carbons (Fsp3) is 0.533. The van der Waals surface area contributed by atoms with Gasteiger partial charge in [0.2, 0.25) is 0 Å². The second kappa shape index (κ2) is 6.13. The zero-order valence-electron chi connectivity index (χ0n) is 12.4. The molecule has 1 amide bonds. The Balaban J connectivity index is 2.18. The predicted octanol–water partition coefficient (Wildman–Crippen LogP) is 1.44. The molecule has 0 aromatic heterocycles. The molecule has 1 aromatic rings. The molecule has 20 heavy (non-hydrogen) atoms. The van der Waals surface area contributed by atoms with Crippen LogP contribution in [0.5, 0.6) is 5.75 Å². The van der Waals surface area contributed by atoms with Crippen molar-refractivity contribution >= 4 is 11.6 Å². The minimum atomic E-state index is -0.00301. The highest BCUT2D eigenvalue weighted by molar-refractivity contribution is 5.98. The van der Waals surface area contributed by atoms with Crippen LogP contribution >= 0.6 is 0 Å². The maximum Gasteiger partial charge on any atom is 0.257 e.